The highest BCUT2D eigenvalue weighted by Crippen LogP contribution is 2.37. The zero-order valence-electron chi connectivity index (χ0n) is 16.7. The molecule has 1 atom stereocenters. The summed E-state index contributed by atoms with van der Waals surface area (Å²) in [5.41, 5.74) is 3.59. The van der Waals surface area contributed by atoms with Crippen molar-refractivity contribution in [1.82, 2.24) is 19.6 Å². The van der Waals surface area contributed by atoms with Gasteiger partial charge in [-0.05, 0) is 58.1 Å². The van der Waals surface area contributed by atoms with Gasteiger partial charge in [0.15, 0.2) is 0 Å². The first-order valence-corrected chi connectivity index (χ1v) is 11.4. The summed E-state index contributed by atoms with van der Waals surface area (Å²) in [4.78, 5) is 22.9. The van der Waals surface area contributed by atoms with E-state index in [2.05, 4.69) is 26.5 Å². The van der Waals surface area contributed by atoms with Gasteiger partial charge in [0.25, 0.3) is 5.78 Å². The monoisotopic (exact) mass is 426 g/mol. The maximum absolute atomic E-state index is 12.8. The van der Waals surface area contributed by atoms with Crippen molar-refractivity contribution in [3.63, 3.8) is 0 Å². The number of carbonyl (C=O) groups is 1. The zero-order valence-corrected chi connectivity index (χ0v) is 18.3. The number of aryl methyl sites for hydroxylation is 3. The van der Waals surface area contributed by atoms with Gasteiger partial charge in [-0.15, -0.1) is 16.4 Å². The highest BCUT2D eigenvalue weighted by molar-refractivity contribution is 8.00. The smallest absolute Gasteiger partial charge is 0.253 e. The van der Waals surface area contributed by atoms with E-state index in [9.17, 15) is 10.1 Å². The molecule has 0 aromatic carbocycles. The number of fused-ring (bicyclic) bond motifs is 2. The van der Waals surface area contributed by atoms with Gasteiger partial charge in [0, 0.05) is 16.3 Å². The number of carbonyl (C=O) groups excluding carboxylic acids is 1. The lowest BCUT2D eigenvalue weighted by Crippen LogP contribution is -2.22. The molecule has 1 aliphatic rings. The van der Waals surface area contributed by atoms with E-state index in [0.29, 0.717) is 21.5 Å². The number of thiophene rings is 1. The second-order valence-corrected chi connectivity index (χ2v) is 9.69. The molecule has 29 heavy (non-hydrogen) atoms. The molecule has 4 rings (SSSR count). The molecule has 0 saturated heterocycles. The van der Waals surface area contributed by atoms with Crippen molar-refractivity contribution < 1.29 is 4.79 Å². The molecule has 0 bridgehead atoms. The first-order chi connectivity index (χ1) is 14.0. The summed E-state index contributed by atoms with van der Waals surface area (Å²) in [5, 5.41) is 17.9. The summed E-state index contributed by atoms with van der Waals surface area (Å²) in [6, 6.07) is 4.25. The predicted molar refractivity (Wildman–Crippen MR) is 114 cm³/mol. The van der Waals surface area contributed by atoms with Crippen LogP contribution in [0.15, 0.2) is 11.2 Å². The van der Waals surface area contributed by atoms with E-state index in [4.69, 9.17) is 0 Å². The van der Waals surface area contributed by atoms with Crippen LogP contribution in [-0.2, 0) is 17.6 Å². The molecule has 0 radical (unpaired) electrons. The third-order valence-electron chi connectivity index (χ3n) is 5.02. The third kappa shape index (κ3) is 4.00. The molecular weight excluding hydrogens is 404 g/mol. The van der Waals surface area contributed by atoms with Gasteiger partial charge in [-0.3, -0.25) is 4.79 Å². The van der Waals surface area contributed by atoms with Crippen LogP contribution in [0.4, 0.5) is 5.00 Å². The summed E-state index contributed by atoms with van der Waals surface area (Å²) < 4.78 is 1.68. The van der Waals surface area contributed by atoms with E-state index in [1.807, 2.05) is 26.8 Å². The number of nitrogens with one attached hydrogen (secondary N) is 1. The fourth-order valence-electron chi connectivity index (χ4n) is 3.57. The molecule has 0 aliphatic heterocycles. The van der Waals surface area contributed by atoms with Crippen LogP contribution >= 0.6 is 23.1 Å². The van der Waals surface area contributed by atoms with Crippen molar-refractivity contribution in [3.8, 4) is 6.07 Å². The maximum Gasteiger partial charge on any atom is 0.253 e. The van der Waals surface area contributed by atoms with E-state index in [1.54, 1.807) is 15.9 Å². The second kappa shape index (κ2) is 8.13. The van der Waals surface area contributed by atoms with Crippen molar-refractivity contribution in [3.05, 3.63) is 33.5 Å². The van der Waals surface area contributed by atoms with Crippen molar-refractivity contribution in [2.45, 2.75) is 63.3 Å². The van der Waals surface area contributed by atoms with Gasteiger partial charge in [-0.25, -0.2) is 9.50 Å². The lowest BCUT2D eigenvalue weighted by atomic mass is 10.1. The lowest BCUT2D eigenvalue weighted by molar-refractivity contribution is -0.115. The summed E-state index contributed by atoms with van der Waals surface area (Å²) in [5.74, 6) is 0.383. The summed E-state index contributed by atoms with van der Waals surface area (Å²) in [7, 11) is 0. The van der Waals surface area contributed by atoms with Gasteiger partial charge in [-0.2, -0.15) is 10.2 Å². The van der Waals surface area contributed by atoms with Crippen LogP contribution in [0, 0.1) is 25.2 Å². The summed E-state index contributed by atoms with van der Waals surface area (Å²) in [6.45, 7) is 5.69. The van der Waals surface area contributed by atoms with Crippen molar-refractivity contribution in [2.24, 2.45) is 0 Å². The van der Waals surface area contributed by atoms with E-state index in [1.165, 1.54) is 23.1 Å². The van der Waals surface area contributed by atoms with Gasteiger partial charge < -0.3 is 5.32 Å². The van der Waals surface area contributed by atoms with Crippen LogP contribution in [0.2, 0.25) is 0 Å². The second-order valence-electron chi connectivity index (χ2n) is 7.27. The van der Waals surface area contributed by atoms with Crippen molar-refractivity contribution >= 4 is 39.8 Å². The van der Waals surface area contributed by atoms with Gasteiger partial charge in [0.2, 0.25) is 11.1 Å². The molecule has 1 amide bonds. The minimum atomic E-state index is -0.401. The minimum absolute atomic E-state index is 0.150. The van der Waals surface area contributed by atoms with Gasteiger partial charge in [0.05, 0.1) is 10.8 Å². The summed E-state index contributed by atoms with van der Waals surface area (Å²) >= 11 is 2.84. The topological polar surface area (TPSA) is 96.0 Å². The molecule has 1 N–H and O–H groups in total. The Morgan fingerprint density at radius 3 is 2.90 bits per heavy atom. The van der Waals surface area contributed by atoms with Crippen molar-refractivity contribution in [2.75, 3.05) is 5.32 Å². The first kappa shape index (κ1) is 19.9. The van der Waals surface area contributed by atoms with Crippen LogP contribution in [0.3, 0.4) is 0 Å². The van der Waals surface area contributed by atoms with E-state index in [0.717, 1.165) is 42.6 Å². The van der Waals surface area contributed by atoms with Crippen LogP contribution < -0.4 is 5.32 Å². The van der Waals surface area contributed by atoms with E-state index in [-0.39, 0.29) is 5.91 Å². The molecule has 150 valence electrons. The Balaban J connectivity index is 1.51. The number of nitriles is 1. The summed E-state index contributed by atoms with van der Waals surface area (Å²) in [6.07, 6.45) is 5.36. The number of amides is 1. The molecule has 0 spiro atoms. The molecular formula is C20H22N6OS2. The molecule has 1 unspecified atom stereocenters. The number of anilines is 1. The number of rotatable bonds is 4. The number of hydrogen-bond acceptors (Lipinski definition) is 7. The largest absolute Gasteiger partial charge is 0.316 e. The molecule has 3 heterocycles. The molecule has 7 nitrogen and oxygen atoms in total. The number of aromatic nitrogens is 4. The Kier molecular flexibility index (Phi) is 5.56. The van der Waals surface area contributed by atoms with Crippen LogP contribution in [0.1, 0.15) is 53.6 Å². The molecule has 3 aromatic rings. The Bertz CT molecular complexity index is 1130. The molecule has 9 heteroatoms. The van der Waals surface area contributed by atoms with E-state index < -0.39 is 5.25 Å². The standard InChI is InChI=1S/C20H22N6OS2/c1-11-9-12(2)26-19(22-11)24-20(25-26)28-13(3)17(27)23-18-15(10-21)14-7-5-4-6-8-16(14)29-18/h9,13H,4-8H2,1-3H3,(H,23,27). The van der Waals surface area contributed by atoms with Crippen LogP contribution in [-0.4, -0.2) is 30.7 Å². The fraction of sp³-hybridized carbons (Fsp3) is 0.450. The molecule has 0 fully saturated rings. The predicted octanol–water partition coefficient (Wildman–Crippen LogP) is 4.06. The average molecular weight is 427 g/mol. The van der Waals surface area contributed by atoms with Gasteiger partial charge in [-0.1, -0.05) is 18.2 Å². The third-order valence-corrected chi connectivity index (χ3v) is 7.18. The Morgan fingerprint density at radius 2 is 2.10 bits per heavy atom. The zero-order chi connectivity index (χ0) is 20.5. The fourth-order valence-corrected chi connectivity index (χ4v) is 5.56. The Hall–Kier alpha value is -2.44. The van der Waals surface area contributed by atoms with Crippen LogP contribution in [0.5, 0.6) is 0 Å². The highest BCUT2D eigenvalue weighted by Gasteiger charge is 2.24. The highest BCUT2D eigenvalue weighted by atomic mass is 32.2. The van der Waals surface area contributed by atoms with Crippen LogP contribution in [0.25, 0.3) is 5.78 Å². The minimum Gasteiger partial charge on any atom is -0.316 e. The quantitative estimate of drug-likeness (QED) is 0.499. The molecule has 0 saturated carbocycles. The van der Waals surface area contributed by atoms with Gasteiger partial charge >= 0.3 is 0 Å². The lowest BCUT2D eigenvalue weighted by Gasteiger charge is -2.09. The number of hydrogen-bond donors (Lipinski definition) is 1. The molecule has 1 aliphatic carbocycles. The first-order valence-electron chi connectivity index (χ1n) is 9.69. The number of nitrogens with zero attached hydrogens (tertiary/aromatic N) is 5. The Morgan fingerprint density at radius 1 is 1.31 bits per heavy atom. The normalized spacial score (nSPS) is 14.8. The number of thioether (sulfide) groups is 1. The Labute approximate surface area is 177 Å². The average Bonchev–Trinajstić information content (AvgIpc) is 3.13. The van der Waals surface area contributed by atoms with E-state index >= 15 is 0 Å². The van der Waals surface area contributed by atoms with Gasteiger partial charge in [0.1, 0.15) is 11.1 Å². The maximum atomic E-state index is 12.8. The van der Waals surface area contributed by atoms with Crippen molar-refractivity contribution in [1.29, 1.82) is 5.26 Å². The molecule has 3 aromatic heterocycles. The SMILES string of the molecule is Cc1cc(C)n2nc(SC(C)C(=O)Nc3sc4c(c3C#N)CCCCC4)nc2n1.